The Balaban J connectivity index is 2.19. The van der Waals surface area contributed by atoms with Gasteiger partial charge in [-0.25, -0.2) is 0 Å². The predicted octanol–water partition coefficient (Wildman–Crippen LogP) is 1.77. The van der Waals surface area contributed by atoms with Crippen LogP contribution in [-0.4, -0.2) is 26.3 Å². The van der Waals surface area contributed by atoms with Crippen LogP contribution in [0.5, 0.6) is 5.75 Å². The van der Waals surface area contributed by atoms with Gasteiger partial charge in [0.05, 0.1) is 20.3 Å². The van der Waals surface area contributed by atoms with Crippen LogP contribution in [0, 0.1) is 0 Å². The van der Waals surface area contributed by atoms with E-state index in [-0.39, 0.29) is 5.97 Å². The molecule has 1 aromatic rings. The minimum absolute atomic E-state index is 0.284. The molecule has 0 aromatic heterocycles. The number of carbonyl (C=O) groups is 1. The molecule has 0 N–H and O–H groups in total. The third-order valence-electron chi connectivity index (χ3n) is 1.96. The summed E-state index contributed by atoms with van der Waals surface area (Å²) in [5.41, 5.74) is 1.06. The Hall–Kier alpha value is -1.55. The van der Waals surface area contributed by atoms with Crippen molar-refractivity contribution >= 4 is 5.97 Å². The molecule has 0 unspecified atom stereocenters. The highest BCUT2D eigenvalue weighted by Crippen LogP contribution is 2.11. The van der Waals surface area contributed by atoms with Crippen LogP contribution >= 0.6 is 0 Å². The zero-order valence-electron chi connectivity index (χ0n) is 9.56. The molecule has 4 nitrogen and oxygen atoms in total. The Morgan fingerprint density at radius 1 is 1.19 bits per heavy atom. The molecule has 0 saturated carbocycles. The third-order valence-corrected chi connectivity index (χ3v) is 1.96. The van der Waals surface area contributed by atoms with Gasteiger partial charge in [-0.3, -0.25) is 4.79 Å². The van der Waals surface area contributed by atoms with E-state index in [4.69, 9.17) is 14.2 Å². The van der Waals surface area contributed by atoms with Gasteiger partial charge < -0.3 is 14.2 Å². The minimum Gasteiger partial charge on any atom is -0.497 e. The Bertz CT molecular complexity index is 318. The average molecular weight is 224 g/mol. The average Bonchev–Trinajstić information content (AvgIpc) is 2.29. The lowest BCUT2D eigenvalue weighted by molar-refractivity contribution is -0.142. The Morgan fingerprint density at radius 3 is 2.44 bits per heavy atom. The van der Waals surface area contributed by atoms with Crippen molar-refractivity contribution in [3.63, 3.8) is 0 Å². The molecule has 0 radical (unpaired) electrons. The Kier molecular flexibility index (Phi) is 5.36. The van der Waals surface area contributed by atoms with Crippen LogP contribution in [-0.2, 0) is 20.9 Å². The summed E-state index contributed by atoms with van der Waals surface area (Å²) in [6.45, 7) is 2.59. The number of methoxy groups -OCH3 is 1. The summed E-state index contributed by atoms with van der Waals surface area (Å²) >= 11 is 0. The van der Waals surface area contributed by atoms with Crippen LogP contribution in [0.2, 0.25) is 0 Å². The molecule has 0 bridgehead atoms. The van der Waals surface area contributed by atoms with Gasteiger partial charge >= 0.3 is 5.97 Å². The van der Waals surface area contributed by atoms with Crippen LogP contribution in [0.15, 0.2) is 24.3 Å². The van der Waals surface area contributed by atoms with E-state index >= 15 is 0 Å². The first-order valence-electron chi connectivity index (χ1n) is 5.06. The maximum absolute atomic E-state index is 10.5. The van der Waals surface area contributed by atoms with Crippen molar-refractivity contribution < 1.29 is 19.0 Å². The predicted molar refractivity (Wildman–Crippen MR) is 59.3 cm³/mol. The SMILES string of the molecule is COc1ccc(COCCOC(C)=O)cc1. The van der Waals surface area contributed by atoms with Gasteiger partial charge in [0.15, 0.2) is 0 Å². The fraction of sp³-hybridized carbons (Fsp3) is 0.417. The molecule has 0 spiro atoms. The van der Waals surface area contributed by atoms with Gasteiger partial charge in [0.1, 0.15) is 12.4 Å². The Morgan fingerprint density at radius 2 is 1.88 bits per heavy atom. The molecule has 0 amide bonds. The number of rotatable bonds is 6. The summed E-state index contributed by atoms with van der Waals surface area (Å²) < 4.78 is 15.1. The van der Waals surface area contributed by atoms with E-state index in [1.807, 2.05) is 24.3 Å². The first kappa shape index (κ1) is 12.5. The third kappa shape index (κ3) is 4.79. The lowest BCUT2D eigenvalue weighted by Gasteiger charge is -2.05. The number of carbonyl (C=O) groups excluding carboxylic acids is 1. The molecule has 0 saturated heterocycles. The molecule has 88 valence electrons. The molecular weight excluding hydrogens is 208 g/mol. The van der Waals surface area contributed by atoms with Crippen molar-refractivity contribution in [3.8, 4) is 5.75 Å². The summed E-state index contributed by atoms with van der Waals surface area (Å²) in [6.07, 6.45) is 0. The van der Waals surface area contributed by atoms with Gasteiger partial charge in [-0.05, 0) is 17.7 Å². The number of ether oxygens (including phenoxy) is 3. The van der Waals surface area contributed by atoms with E-state index in [1.54, 1.807) is 7.11 Å². The fourth-order valence-electron chi connectivity index (χ4n) is 1.16. The zero-order valence-corrected chi connectivity index (χ0v) is 9.56. The van der Waals surface area contributed by atoms with Crippen molar-refractivity contribution in [1.82, 2.24) is 0 Å². The smallest absolute Gasteiger partial charge is 0.302 e. The van der Waals surface area contributed by atoms with Gasteiger partial charge in [-0.1, -0.05) is 12.1 Å². The zero-order chi connectivity index (χ0) is 11.8. The quantitative estimate of drug-likeness (QED) is 0.545. The summed E-state index contributed by atoms with van der Waals surface area (Å²) in [4.78, 5) is 10.5. The van der Waals surface area contributed by atoms with Crippen molar-refractivity contribution in [3.05, 3.63) is 29.8 Å². The van der Waals surface area contributed by atoms with Gasteiger partial charge in [-0.2, -0.15) is 0 Å². The second kappa shape index (κ2) is 6.85. The topological polar surface area (TPSA) is 44.8 Å². The molecule has 0 aliphatic carbocycles. The van der Waals surface area contributed by atoms with Crippen molar-refractivity contribution in [1.29, 1.82) is 0 Å². The molecule has 0 aliphatic rings. The molecule has 0 fully saturated rings. The maximum atomic E-state index is 10.5. The monoisotopic (exact) mass is 224 g/mol. The van der Waals surface area contributed by atoms with Crippen LogP contribution in [0.3, 0.4) is 0 Å². The van der Waals surface area contributed by atoms with Crippen LogP contribution in [0.25, 0.3) is 0 Å². The highest BCUT2D eigenvalue weighted by atomic mass is 16.6. The molecular formula is C12H16O4. The first-order valence-corrected chi connectivity index (χ1v) is 5.06. The maximum Gasteiger partial charge on any atom is 0.302 e. The van der Waals surface area contributed by atoms with E-state index in [1.165, 1.54) is 6.92 Å². The van der Waals surface area contributed by atoms with Crippen molar-refractivity contribution in [2.75, 3.05) is 20.3 Å². The normalized spacial score (nSPS) is 9.88. The lowest BCUT2D eigenvalue weighted by atomic mass is 10.2. The van der Waals surface area contributed by atoms with E-state index < -0.39 is 0 Å². The van der Waals surface area contributed by atoms with Crippen molar-refractivity contribution in [2.24, 2.45) is 0 Å². The number of benzene rings is 1. The second-order valence-corrected chi connectivity index (χ2v) is 3.24. The van der Waals surface area contributed by atoms with Gasteiger partial charge in [0.25, 0.3) is 0 Å². The van der Waals surface area contributed by atoms with Gasteiger partial charge in [-0.15, -0.1) is 0 Å². The van der Waals surface area contributed by atoms with E-state index in [9.17, 15) is 4.79 Å². The lowest BCUT2D eigenvalue weighted by Crippen LogP contribution is -2.07. The molecule has 0 aliphatic heterocycles. The molecule has 16 heavy (non-hydrogen) atoms. The minimum atomic E-state index is -0.284. The number of esters is 1. The highest BCUT2D eigenvalue weighted by Gasteiger charge is 1.96. The fourth-order valence-corrected chi connectivity index (χ4v) is 1.16. The van der Waals surface area contributed by atoms with Crippen LogP contribution in [0.1, 0.15) is 12.5 Å². The van der Waals surface area contributed by atoms with Crippen LogP contribution in [0.4, 0.5) is 0 Å². The second-order valence-electron chi connectivity index (χ2n) is 3.24. The number of hydrogen-bond donors (Lipinski definition) is 0. The van der Waals surface area contributed by atoms with Crippen LogP contribution < -0.4 is 4.74 Å². The van der Waals surface area contributed by atoms with Gasteiger partial charge in [0, 0.05) is 6.92 Å². The van der Waals surface area contributed by atoms with E-state index in [0.717, 1.165) is 11.3 Å². The molecule has 1 rings (SSSR count). The van der Waals surface area contributed by atoms with Gasteiger partial charge in [0.2, 0.25) is 0 Å². The van der Waals surface area contributed by atoms with E-state index in [2.05, 4.69) is 0 Å². The number of hydrogen-bond acceptors (Lipinski definition) is 4. The summed E-state index contributed by atoms with van der Waals surface area (Å²) in [5.74, 6) is 0.539. The largest absolute Gasteiger partial charge is 0.497 e. The summed E-state index contributed by atoms with van der Waals surface area (Å²) in [6, 6.07) is 7.63. The molecule has 4 heteroatoms. The highest BCUT2D eigenvalue weighted by molar-refractivity contribution is 5.65. The summed E-state index contributed by atoms with van der Waals surface area (Å²) in [5, 5.41) is 0. The van der Waals surface area contributed by atoms with E-state index in [0.29, 0.717) is 19.8 Å². The van der Waals surface area contributed by atoms with Crippen molar-refractivity contribution in [2.45, 2.75) is 13.5 Å². The first-order chi connectivity index (χ1) is 7.72. The molecule has 0 atom stereocenters. The molecule has 1 aromatic carbocycles. The summed E-state index contributed by atoms with van der Waals surface area (Å²) in [7, 11) is 1.63. The Labute approximate surface area is 95.1 Å². The standard InChI is InChI=1S/C12H16O4/c1-10(13)16-8-7-15-9-11-3-5-12(14-2)6-4-11/h3-6H,7-9H2,1-2H3. The molecule has 0 heterocycles.